The first kappa shape index (κ1) is 9.84. The predicted octanol–water partition coefficient (Wildman–Crippen LogP) is 1.92. The number of ether oxygens (including phenoxy) is 1. The maximum Gasteiger partial charge on any atom is 0.407 e. The number of fused-ring (bicyclic) bond motifs is 1. The number of carbonyl (C=O) groups excluding carboxylic acids is 1. The lowest BCUT2D eigenvalue weighted by molar-refractivity contribution is 0.177. The van der Waals surface area contributed by atoms with Crippen molar-refractivity contribution in [3.8, 4) is 0 Å². The lowest BCUT2D eigenvalue weighted by Crippen LogP contribution is -2.28. The van der Waals surface area contributed by atoms with Gasteiger partial charge in [-0.15, -0.1) is 0 Å². The number of cyclic esters (lactones) is 1. The average molecular weight is 291 g/mol. The Morgan fingerprint density at radius 2 is 2.33 bits per heavy atom. The highest BCUT2D eigenvalue weighted by molar-refractivity contribution is 5.84. The number of H-pyrrole nitrogens is 1. The number of carbonyl (C=O) groups is 1. The van der Waals surface area contributed by atoms with Crippen LogP contribution < -0.4 is 5.32 Å². The van der Waals surface area contributed by atoms with Gasteiger partial charge in [-0.3, -0.25) is 0 Å². The maximum absolute atomic E-state index is 11.1. The number of aromatic nitrogens is 1. The Labute approximate surface area is 129 Å². The Balaban J connectivity index is 1.97. The smallest absolute Gasteiger partial charge is 0.407 e. The first-order valence-corrected chi connectivity index (χ1v) is 6.84. The molecule has 2 heterocycles. The van der Waals surface area contributed by atoms with Crippen LogP contribution in [0.5, 0.6) is 0 Å². The number of alkyl carbamates (subject to hydrolysis) is 1. The molecule has 3 rings (SSSR count). The van der Waals surface area contributed by atoms with Gasteiger partial charge >= 0.3 is 6.09 Å². The van der Waals surface area contributed by atoms with Gasteiger partial charge in [0.15, 0.2) is 0 Å². The number of likely N-dealkylation sites (N-methyl/N-ethyl adjacent to an activating group) is 1. The summed E-state index contributed by atoms with van der Waals surface area (Å²) in [5, 5.41) is 3.36. The molecule has 1 fully saturated rings. The summed E-state index contributed by atoms with van der Waals surface area (Å²) in [6.45, 7) is -1.87. The van der Waals surface area contributed by atoms with Crippen molar-refractivity contribution in [3.63, 3.8) is 0 Å². The van der Waals surface area contributed by atoms with Crippen LogP contribution in [-0.4, -0.2) is 49.2 Å². The van der Waals surface area contributed by atoms with Crippen LogP contribution in [0.3, 0.4) is 0 Å². The summed E-state index contributed by atoms with van der Waals surface area (Å²) in [6, 6.07) is 5.48. The minimum atomic E-state index is -2.21. The van der Waals surface area contributed by atoms with Crippen molar-refractivity contribution in [2.45, 2.75) is 18.8 Å². The van der Waals surface area contributed by atoms with Crippen molar-refractivity contribution in [2.24, 2.45) is 0 Å². The van der Waals surface area contributed by atoms with Gasteiger partial charge in [-0.2, -0.15) is 0 Å². The average Bonchev–Trinajstić information content (AvgIpc) is 3.13. The molecule has 1 aromatic heterocycles. The van der Waals surface area contributed by atoms with E-state index >= 15 is 0 Å². The highest BCUT2D eigenvalue weighted by Crippen LogP contribution is 2.21. The van der Waals surface area contributed by atoms with Gasteiger partial charge in [0.25, 0.3) is 0 Å². The third kappa shape index (κ3) is 3.19. The van der Waals surface area contributed by atoms with Crippen molar-refractivity contribution in [1.82, 2.24) is 15.2 Å². The fourth-order valence-electron chi connectivity index (χ4n) is 2.39. The predicted molar refractivity (Wildman–Crippen MR) is 82.5 cm³/mol. The normalized spacial score (nSPS) is 22.4. The van der Waals surface area contributed by atoms with E-state index in [4.69, 9.17) is 10.2 Å². The summed E-state index contributed by atoms with van der Waals surface area (Å²) < 4.78 is 37.9. The SMILES string of the molecule is [2H]C([2H])(c1c[nH]c2ccc(C[C@H]3COC(=O)N3)cc12)C([2H])([2H])N(C)C. The first-order valence-electron chi connectivity index (χ1n) is 8.84. The molecule has 0 spiro atoms. The molecule has 1 saturated heterocycles. The molecule has 0 unspecified atom stereocenters. The van der Waals surface area contributed by atoms with E-state index in [-0.39, 0.29) is 11.6 Å². The molecule has 21 heavy (non-hydrogen) atoms. The molecule has 5 heteroatoms. The summed E-state index contributed by atoms with van der Waals surface area (Å²) in [5.74, 6) is 0. The van der Waals surface area contributed by atoms with E-state index in [1.165, 1.54) is 25.2 Å². The quantitative estimate of drug-likeness (QED) is 0.885. The molecule has 0 saturated carbocycles. The summed E-state index contributed by atoms with van der Waals surface area (Å²) in [6.07, 6.45) is -0.548. The van der Waals surface area contributed by atoms with Gasteiger partial charge in [0.1, 0.15) is 6.61 Å². The summed E-state index contributed by atoms with van der Waals surface area (Å²) in [5.41, 5.74) is 1.93. The molecule has 0 radical (unpaired) electrons. The van der Waals surface area contributed by atoms with Crippen LogP contribution >= 0.6 is 0 Å². The second-order valence-electron chi connectivity index (χ2n) is 5.36. The number of hydrogen-bond donors (Lipinski definition) is 2. The molecule has 2 aromatic rings. The van der Waals surface area contributed by atoms with Crippen LogP contribution in [0, 0.1) is 0 Å². The fraction of sp³-hybridized carbons (Fsp3) is 0.438. The Bertz CT molecular complexity index is 804. The molecule has 112 valence electrons. The molecule has 1 atom stereocenters. The summed E-state index contributed by atoms with van der Waals surface area (Å²) in [7, 11) is 3.03. The number of hydrogen-bond acceptors (Lipinski definition) is 3. The van der Waals surface area contributed by atoms with Crippen LogP contribution in [0.4, 0.5) is 4.79 Å². The molecular weight excluding hydrogens is 266 g/mol. The van der Waals surface area contributed by atoms with Gasteiger partial charge < -0.3 is 19.9 Å². The van der Waals surface area contributed by atoms with Crippen molar-refractivity contribution in [1.29, 1.82) is 0 Å². The number of rotatable bonds is 5. The molecule has 1 aliphatic rings. The molecule has 1 amide bonds. The summed E-state index contributed by atoms with van der Waals surface area (Å²) in [4.78, 5) is 15.4. The zero-order valence-electron chi connectivity index (χ0n) is 16.1. The largest absolute Gasteiger partial charge is 0.447 e. The van der Waals surface area contributed by atoms with Crippen LogP contribution in [0.25, 0.3) is 10.9 Å². The first-order chi connectivity index (χ1) is 11.6. The van der Waals surface area contributed by atoms with E-state index in [2.05, 4.69) is 10.3 Å². The molecule has 0 aliphatic carbocycles. The topological polar surface area (TPSA) is 57.4 Å². The Kier molecular flexibility index (Phi) is 2.71. The Morgan fingerprint density at radius 3 is 3.05 bits per heavy atom. The Morgan fingerprint density at radius 1 is 1.48 bits per heavy atom. The van der Waals surface area contributed by atoms with E-state index < -0.39 is 19.0 Å². The van der Waals surface area contributed by atoms with Crippen molar-refractivity contribution in [2.75, 3.05) is 27.2 Å². The monoisotopic (exact) mass is 291 g/mol. The van der Waals surface area contributed by atoms with E-state index in [1.807, 2.05) is 18.2 Å². The molecule has 1 aliphatic heterocycles. The van der Waals surface area contributed by atoms with Gasteiger partial charge in [0, 0.05) is 29.1 Å². The lowest BCUT2D eigenvalue weighted by atomic mass is 10.0. The number of benzene rings is 1. The molecular formula is C16H21N3O2. The van der Waals surface area contributed by atoms with E-state index in [0.29, 0.717) is 18.4 Å². The second-order valence-corrected chi connectivity index (χ2v) is 5.36. The van der Waals surface area contributed by atoms with Gasteiger partial charge in [0.2, 0.25) is 0 Å². The van der Waals surface area contributed by atoms with Gasteiger partial charge in [-0.25, -0.2) is 4.79 Å². The third-order valence-corrected chi connectivity index (χ3v) is 3.38. The highest BCUT2D eigenvalue weighted by atomic mass is 16.6. The lowest BCUT2D eigenvalue weighted by Gasteiger charge is -2.09. The van der Waals surface area contributed by atoms with Crippen molar-refractivity contribution < 1.29 is 15.0 Å². The third-order valence-electron chi connectivity index (χ3n) is 3.38. The standard InChI is InChI=1S/C16H21N3O2/c1-19(2)6-5-12-9-17-15-4-3-11(8-14(12)15)7-13-10-21-16(20)18-13/h3-4,8-9,13,17H,5-7,10H2,1-2H3,(H,18,20)/t13-/m0/s1/i5D2,6D2. The number of nitrogens with zero attached hydrogens (tertiary/aromatic N) is 1. The number of aryl methyl sites for hydroxylation is 1. The van der Waals surface area contributed by atoms with E-state index in [0.717, 1.165) is 11.1 Å². The number of amides is 1. The molecule has 5 nitrogen and oxygen atoms in total. The van der Waals surface area contributed by atoms with Crippen LogP contribution in [0.15, 0.2) is 24.4 Å². The van der Waals surface area contributed by atoms with Crippen LogP contribution in [-0.2, 0) is 17.5 Å². The van der Waals surface area contributed by atoms with E-state index in [9.17, 15) is 4.79 Å². The molecule has 2 N–H and O–H groups in total. The van der Waals surface area contributed by atoms with Crippen molar-refractivity contribution in [3.05, 3.63) is 35.5 Å². The van der Waals surface area contributed by atoms with E-state index in [1.54, 1.807) is 0 Å². The fourth-order valence-corrected chi connectivity index (χ4v) is 2.39. The summed E-state index contributed by atoms with van der Waals surface area (Å²) >= 11 is 0. The molecule has 0 bridgehead atoms. The minimum absolute atomic E-state index is 0.114. The maximum atomic E-state index is 11.1. The zero-order valence-corrected chi connectivity index (χ0v) is 12.1. The van der Waals surface area contributed by atoms with Crippen LogP contribution in [0.2, 0.25) is 0 Å². The second kappa shape index (κ2) is 5.77. The zero-order chi connectivity index (χ0) is 18.4. The Hall–Kier alpha value is -2.01. The van der Waals surface area contributed by atoms with Crippen molar-refractivity contribution >= 4 is 17.0 Å². The van der Waals surface area contributed by atoms with Crippen LogP contribution in [0.1, 0.15) is 16.6 Å². The van der Waals surface area contributed by atoms with Gasteiger partial charge in [0.05, 0.1) is 6.04 Å². The minimum Gasteiger partial charge on any atom is -0.447 e. The van der Waals surface area contributed by atoms with Gasteiger partial charge in [-0.05, 0) is 50.1 Å². The highest BCUT2D eigenvalue weighted by Gasteiger charge is 2.22. The molecule has 1 aromatic carbocycles. The van der Waals surface area contributed by atoms with Gasteiger partial charge in [-0.1, -0.05) is 6.07 Å². The number of nitrogens with one attached hydrogen (secondary N) is 2. The number of aromatic amines is 1.